The van der Waals surface area contributed by atoms with Crippen LogP contribution < -0.4 is 5.73 Å². The van der Waals surface area contributed by atoms with Crippen LogP contribution in [-0.2, 0) is 0 Å². The Morgan fingerprint density at radius 3 is 2.20 bits per heavy atom. The second-order valence-corrected chi connectivity index (χ2v) is 9.06. The lowest BCUT2D eigenvalue weighted by molar-refractivity contribution is 0.761. The molecule has 0 saturated carbocycles. The maximum Gasteiger partial charge on any atom is 0.0623 e. The van der Waals surface area contributed by atoms with Crippen LogP contribution in [0.1, 0.15) is 26.2 Å². The lowest BCUT2D eigenvalue weighted by Crippen LogP contribution is -2.35. The van der Waals surface area contributed by atoms with Gasteiger partial charge in [0.2, 0.25) is 0 Å². The molecule has 0 unspecified atom stereocenters. The largest absolute Gasteiger partial charge is 0.333 e. The molecular formula is C8H21NSi. The van der Waals surface area contributed by atoms with Gasteiger partial charge in [0.1, 0.15) is 0 Å². The van der Waals surface area contributed by atoms with Crippen LogP contribution in [0.15, 0.2) is 0 Å². The lowest BCUT2D eigenvalue weighted by Gasteiger charge is -2.18. The molecule has 0 atom stereocenters. The third-order valence-corrected chi connectivity index (χ3v) is 4.82. The molecule has 0 heterocycles. The van der Waals surface area contributed by atoms with Gasteiger partial charge in [0.05, 0.1) is 8.07 Å². The molecule has 0 aromatic heterocycles. The van der Waals surface area contributed by atoms with Crippen molar-refractivity contribution in [2.24, 2.45) is 5.73 Å². The van der Waals surface area contributed by atoms with E-state index in [2.05, 4.69) is 20.0 Å². The van der Waals surface area contributed by atoms with Gasteiger partial charge >= 0.3 is 0 Å². The fourth-order valence-electron chi connectivity index (χ4n) is 0.956. The summed E-state index contributed by atoms with van der Waals surface area (Å²) in [5, 5.41) is 0. The van der Waals surface area contributed by atoms with Gasteiger partial charge in [0, 0.05) is 0 Å². The van der Waals surface area contributed by atoms with Crippen molar-refractivity contribution in [1.29, 1.82) is 0 Å². The second-order valence-electron chi connectivity index (χ2n) is 3.83. The third kappa shape index (κ3) is 5.00. The number of nitrogens with two attached hydrogens (primary N) is 1. The average molecular weight is 159 g/mol. The Kier molecular flexibility index (Phi) is 5.00. The van der Waals surface area contributed by atoms with E-state index in [1.54, 1.807) is 0 Å². The Morgan fingerprint density at radius 2 is 1.80 bits per heavy atom. The summed E-state index contributed by atoms with van der Waals surface area (Å²) < 4.78 is 0. The van der Waals surface area contributed by atoms with Crippen molar-refractivity contribution in [3.8, 4) is 0 Å². The molecule has 0 bridgehead atoms. The molecule has 0 saturated heterocycles. The van der Waals surface area contributed by atoms with E-state index in [-0.39, 0.29) is 0 Å². The monoisotopic (exact) mass is 159 g/mol. The van der Waals surface area contributed by atoms with Crippen LogP contribution in [0.4, 0.5) is 0 Å². The molecule has 0 aliphatic carbocycles. The SMILES string of the molecule is CCCCC[Si](C)(C)CN. The highest BCUT2D eigenvalue weighted by Crippen LogP contribution is 2.12. The smallest absolute Gasteiger partial charge is 0.0623 e. The summed E-state index contributed by atoms with van der Waals surface area (Å²) in [4.78, 5) is 0. The van der Waals surface area contributed by atoms with Gasteiger partial charge < -0.3 is 5.73 Å². The molecule has 0 aromatic rings. The van der Waals surface area contributed by atoms with Crippen LogP contribution in [0, 0.1) is 0 Å². The molecule has 0 spiro atoms. The van der Waals surface area contributed by atoms with Crippen LogP contribution >= 0.6 is 0 Å². The van der Waals surface area contributed by atoms with Gasteiger partial charge in [-0.25, -0.2) is 0 Å². The summed E-state index contributed by atoms with van der Waals surface area (Å²) >= 11 is 0. The van der Waals surface area contributed by atoms with Crippen molar-refractivity contribution in [1.82, 2.24) is 0 Å². The highest BCUT2D eigenvalue weighted by molar-refractivity contribution is 6.77. The summed E-state index contributed by atoms with van der Waals surface area (Å²) in [5.74, 6) is 0. The maximum absolute atomic E-state index is 5.65. The zero-order valence-corrected chi connectivity index (χ0v) is 8.61. The molecule has 0 aliphatic heterocycles. The van der Waals surface area contributed by atoms with E-state index in [1.807, 2.05) is 0 Å². The second kappa shape index (κ2) is 4.91. The first-order chi connectivity index (χ1) is 4.62. The van der Waals surface area contributed by atoms with Crippen molar-refractivity contribution >= 4 is 8.07 Å². The zero-order chi connectivity index (χ0) is 8.04. The quantitative estimate of drug-likeness (QED) is 0.484. The van der Waals surface area contributed by atoms with E-state index < -0.39 is 8.07 Å². The van der Waals surface area contributed by atoms with Gasteiger partial charge in [-0.2, -0.15) is 0 Å². The Morgan fingerprint density at radius 1 is 1.20 bits per heavy atom. The molecule has 62 valence electrons. The van der Waals surface area contributed by atoms with Gasteiger partial charge in [-0.3, -0.25) is 0 Å². The summed E-state index contributed by atoms with van der Waals surface area (Å²) in [5.41, 5.74) is 5.65. The summed E-state index contributed by atoms with van der Waals surface area (Å²) in [6, 6.07) is 1.41. The van der Waals surface area contributed by atoms with Crippen molar-refractivity contribution in [3.63, 3.8) is 0 Å². The van der Waals surface area contributed by atoms with Gasteiger partial charge in [-0.15, -0.1) is 0 Å². The highest BCUT2D eigenvalue weighted by atomic mass is 28.3. The molecule has 0 aromatic carbocycles. The molecule has 2 heteroatoms. The van der Waals surface area contributed by atoms with Crippen LogP contribution in [0.5, 0.6) is 0 Å². The molecule has 0 aliphatic rings. The minimum Gasteiger partial charge on any atom is -0.333 e. The highest BCUT2D eigenvalue weighted by Gasteiger charge is 2.16. The molecule has 0 rings (SSSR count). The van der Waals surface area contributed by atoms with Crippen molar-refractivity contribution in [3.05, 3.63) is 0 Å². The predicted octanol–water partition coefficient (Wildman–Crippen LogP) is 2.38. The first-order valence-corrected chi connectivity index (χ1v) is 7.74. The molecular weight excluding hydrogens is 138 g/mol. The minimum atomic E-state index is -0.937. The maximum atomic E-state index is 5.65. The lowest BCUT2D eigenvalue weighted by atomic mass is 10.3. The minimum absolute atomic E-state index is 0.937. The molecule has 1 nitrogen and oxygen atoms in total. The Labute approximate surface area is 66.0 Å². The van der Waals surface area contributed by atoms with Crippen LogP contribution in [0.3, 0.4) is 0 Å². The Hall–Kier alpha value is 0.177. The van der Waals surface area contributed by atoms with Crippen molar-refractivity contribution in [2.75, 3.05) is 6.17 Å². The predicted molar refractivity (Wildman–Crippen MR) is 50.9 cm³/mol. The molecule has 2 N–H and O–H groups in total. The number of hydrogen-bond donors (Lipinski definition) is 1. The first-order valence-electron chi connectivity index (χ1n) is 4.32. The van der Waals surface area contributed by atoms with Gasteiger partial charge in [-0.1, -0.05) is 45.3 Å². The summed E-state index contributed by atoms with van der Waals surface area (Å²) in [7, 11) is -0.937. The van der Waals surface area contributed by atoms with E-state index in [9.17, 15) is 0 Å². The van der Waals surface area contributed by atoms with E-state index in [1.165, 1.54) is 25.3 Å². The first kappa shape index (κ1) is 10.2. The van der Waals surface area contributed by atoms with Crippen LogP contribution in [0.25, 0.3) is 0 Å². The Balaban J connectivity index is 3.28. The van der Waals surface area contributed by atoms with E-state index >= 15 is 0 Å². The summed E-state index contributed by atoms with van der Waals surface area (Å²) in [6.45, 7) is 7.00. The third-order valence-electron chi connectivity index (χ3n) is 2.01. The van der Waals surface area contributed by atoms with Crippen molar-refractivity contribution in [2.45, 2.75) is 45.3 Å². The molecule has 0 fully saturated rings. The van der Waals surface area contributed by atoms with Gasteiger partial charge in [-0.05, 0) is 6.17 Å². The molecule has 0 amide bonds. The van der Waals surface area contributed by atoms with Crippen LogP contribution in [-0.4, -0.2) is 14.2 Å². The van der Waals surface area contributed by atoms with Gasteiger partial charge in [0.15, 0.2) is 0 Å². The van der Waals surface area contributed by atoms with E-state index in [4.69, 9.17) is 5.73 Å². The zero-order valence-electron chi connectivity index (χ0n) is 7.61. The average Bonchev–Trinajstić information content (AvgIpc) is 1.89. The number of unbranched alkanes of at least 4 members (excludes halogenated alkanes) is 2. The Bertz CT molecular complexity index is 81.3. The van der Waals surface area contributed by atoms with E-state index in [0.29, 0.717) is 0 Å². The number of hydrogen-bond acceptors (Lipinski definition) is 1. The standard InChI is InChI=1S/C8H21NSi/c1-4-5-6-7-10(2,3)8-9/h4-9H2,1-3H3. The normalized spacial score (nSPS) is 12.0. The number of rotatable bonds is 5. The summed E-state index contributed by atoms with van der Waals surface area (Å²) in [6.07, 6.45) is 5.06. The molecule has 10 heavy (non-hydrogen) atoms. The fourth-order valence-corrected chi connectivity index (χ4v) is 2.37. The van der Waals surface area contributed by atoms with Crippen LogP contribution in [0.2, 0.25) is 19.1 Å². The molecule has 0 radical (unpaired) electrons. The topological polar surface area (TPSA) is 26.0 Å². The van der Waals surface area contributed by atoms with E-state index in [0.717, 1.165) is 6.17 Å². The van der Waals surface area contributed by atoms with Gasteiger partial charge in [0.25, 0.3) is 0 Å². The fraction of sp³-hybridized carbons (Fsp3) is 1.00. The van der Waals surface area contributed by atoms with Crippen molar-refractivity contribution < 1.29 is 0 Å².